The average molecular weight is 273 g/mol. The third-order valence-electron chi connectivity index (χ3n) is 0.962. The average Bonchev–Trinajstić information content (AvgIpc) is 1.98. The molecule has 0 rings (SSSR count). The molecule has 0 amide bonds. The summed E-state index contributed by atoms with van der Waals surface area (Å²) in [6.07, 6.45) is -0.500. The smallest absolute Gasteiger partial charge is 0.550 e. The minimum atomic E-state index is -2.61. The molecule has 0 unspecified atom stereocenters. The van der Waals surface area contributed by atoms with Gasteiger partial charge in [0.1, 0.15) is 0 Å². The van der Waals surface area contributed by atoms with E-state index >= 15 is 0 Å². The zero-order valence-electron chi connectivity index (χ0n) is 8.91. The van der Waals surface area contributed by atoms with Crippen molar-refractivity contribution in [1.29, 1.82) is 0 Å². The Labute approximate surface area is 139 Å². The number of carbonyl (C=O) groups excluding carboxylic acids is 2. The molecule has 0 aromatic carbocycles. The summed E-state index contributed by atoms with van der Waals surface area (Å²) in [5.74, 6) is -2.75. The second kappa shape index (κ2) is 16.0. The Bertz CT molecular complexity index is 223. The molecular weight excluding hydrogens is 264 g/mol. The Balaban J connectivity index is -0.000000105. The minimum absolute atomic E-state index is 0. The van der Waals surface area contributed by atoms with Crippen LogP contribution >= 0.6 is 0 Å². The number of carboxylic acid groups (broad SMARTS) is 2. The summed E-state index contributed by atoms with van der Waals surface area (Å²) in [6.45, 7) is 0. The van der Waals surface area contributed by atoms with E-state index in [0.717, 1.165) is 0 Å². The molecule has 1 atom stereocenters. The fraction of sp³-hybridized carbons (Fsp3) is 0.600. The molecule has 84 valence electrons. The van der Waals surface area contributed by atoms with E-state index < -0.39 is 29.3 Å². The van der Waals surface area contributed by atoms with E-state index in [-0.39, 0.29) is 72.0 Å². The van der Waals surface area contributed by atoms with Crippen LogP contribution in [0.15, 0.2) is 0 Å². The van der Waals surface area contributed by atoms with Gasteiger partial charge in [-0.1, -0.05) is 0 Å². The van der Waals surface area contributed by atoms with Gasteiger partial charge >= 0.3 is 59.1 Å². The van der Waals surface area contributed by atoms with E-state index in [1.807, 2.05) is 0 Å². The summed E-state index contributed by atoms with van der Waals surface area (Å²) in [4.78, 5) is 19.6. The summed E-state index contributed by atoms with van der Waals surface area (Å²) in [5.41, 5.74) is 4.91. The van der Waals surface area contributed by atoms with Crippen LogP contribution in [0.3, 0.4) is 0 Å². The van der Waals surface area contributed by atoms with E-state index in [9.17, 15) is 19.8 Å². The zero-order chi connectivity index (χ0) is 11.7. The van der Waals surface area contributed by atoms with Gasteiger partial charge in [0.2, 0.25) is 0 Å². The summed E-state index contributed by atoms with van der Waals surface area (Å²) in [5, 5.41) is 19.6. The zero-order valence-corrected chi connectivity index (χ0v) is 13.7. The molecule has 0 saturated carbocycles. The maximum absolute atomic E-state index is 9.86. The topological polar surface area (TPSA) is 164 Å². The van der Waals surface area contributed by atoms with Crippen LogP contribution in [-0.4, -0.2) is 31.3 Å². The van der Waals surface area contributed by atoms with Crippen LogP contribution in [0, 0.1) is 0 Å². The molecule has 0 aliphatic carbocycles. The van der Waals surface area contributed by atoms with Crippen LogP contribution in [0.1, 0.15) is 12.8 Å². The van der Waals surface area contributed by atoms with E-state index in [2.05, 4.69) is 0 Å². The van der Waals surface area contributed by atoms with Crippen molar-refractivity contribution in [2.75, 3.05) is 0 Å². The van der Waals surface area contributed by atoms with Crippen LogP contribution in [0.25, 0.3) is 0 Å². The molecular formula is C5H9NNa2O7S. The molecule has 0 heterocycles. The molecule has 16 heavy (non-hydrogen) atoms. The Morgan fingerprint density at radius 2 is 1.56 bits per heavy atom. The van der Waals surface area contributed by atoms with Gasteiger partial charge in [-0.25, -0.2) is 0 Å². The molecule has 0 aromatic rings. The number of hydrogen-bond donors (Lipinski definition) is 3. The fourth-order valence-electron chi connectivity index (χ4n) is 0.391. The first-order chi connectivity index (χ1) is 6.27. The molecule has 0 spiro atoms. The van der Waals surface area contributed by atoms with Crippen LogP contribution in [0.2, 0.25) is 0 Å². The van der Waals surface area contributed by atoms with Gasteiger partial charge in [0.15, 0.2) is 0 Å². The van der Waals surface area contributed by atoms with E-state index in [4.69, 9.17) is 19.0 Å². The fourth-order valence-corrected chi connectivity index (χ4v) is 0.391. The minimum Gasteiger partial charge on any atom is -0.550 e. The van der Waals surface area contributed by atoms with Crippen molar-refractivity contribution >= 4 is 23.3 Å². The van der Waals surface area contributed by atoms with Crippen molar-refractivity contribution in [1.82, 2.24) is 0 Å². The number of nitrogens with two attached hydrogens (primary N) is 1. The second-order valence-electron chi connectivity index (χ2n) is 2.07. The predicted octanol–water partition coefficient (Wildman–Crippen LogP) is -9.72. The van der Waals surface area contributed by atoms with Crippen LogP contribution in [0.5, 0.6) is 0 Å². The summed E-state index contributed by atoms with van der Waals surface area (Å²) >= 11 is -2.61. The summed E-state index contributed by atoms with van der Waals surface area (Å²) in [7, 11) is 0. The largest absolute Gasteiger partial charge is 1.00 e. The van der Waals surface area contributed by atoms with Crippen molar-refractivity contribution in [3.05, 3.63) is 0 Å². The van der Waals surface area contributed by atoms with Crippen molar-refractivity contribution in [3.8, 4) is 0 Å². The Hall–Kier alpha value is 0.970. The van der Waals surface area contributed by atoms with Gasteiger partial charge in [0.05, 0.1) is 5.97 Å². The SMILES string of the molecule is N[C@@H](CCC(=O)[O-])C(=O)[O-].O=S(O)O.[Na+].[Na+]. The number of hydrogen-bond acceptors (Lipinski definition) is 6. The Morgan fingerprint density at radius 3 is 1.75 bits per heavy atom. The van der Waals surface area contributed by atoms with E-state index in [0.29, 0.717) is 0 Å². The third kappa shape index (κ3) is 29.4. The van der Waals surface area contributed by atoms with Crippen molar-refractivity contribution in [2.45, 2.75) is 18.9 Å². The first-order valence-corrected chi connectivity index (χ1v) is 4.30. The molecule has 0 aliphatic rings. The third-order valence-corrected chi connectivity index (χ3v) is 0.962. The van der Waals surface area contributed by atoms with Crippen LogP contribution in [-0.2, 0) is 21.0 Å². The standard InChI is InChI=1S/C5H9NO4.2Na.H2O3S/c6-3(5(9)10)1-2-4(7)8;;;1-4(2)3/h3H,1-2,6H2,(H,7,8)(H,9,10);;;(H2,1,2,3)/q;2*+1;/p-2/t3-;;;/m0.../s1. The second-order valence-corrected chi connectivity index (χ2v) is 2.53. The normalized spacial score (nSPS) is 10.0. The van der Waals surface area contributed by atoms with Gasteiger partial charge in [-0.3, -0.25) is 9.11 Å². The molecule has 0 saturated heterocycles. The Kier molecular flexibility index (Phi) is 25.7. The van der Waals surface area contributed by atoms with Gasteiger partial charge in [0.25, 0.3) is 11.4 Å². The quantitative estimate of drug-likeness (QED) is 0.335. The van der Waals surface area contributed by atoms with Crippen molar-refractivity contribution < 1.29 is 92.2 Å². The van der Waals surface area contributed by atoms with E-state index in [1.165, 1.54) is 0 Å². The molecule has 0 radical (unpaired) electrons. The maximum Gasteiger partial charge on any atom is 1.00 e. The molecule has 0 aliphatic heterocycles. The van der Waals surface area contributed by atoms with Gasteiger partial charge in [-0.05, 0) is 12.8 Å². The number of carbonyl (C=O) groups is 2. The summed E-state index contributed by atoms with van der Waals surface area (Å²) in [6, 6.07) is -1.21. The predicted molar refractivity (Wildman–Crippen MR) is 40.6 cm³/mol. The van der Waals surface area contributed by atoms with Gasteiger partial charge in [0, 0.05) is 12.0 Å². The van der Waals surface area contributed by atoms with Gasteiger partial charge < -0.3 is 25.5 Å². The van der Waals surface area contributed by atoms with Crippen molar-refractivity contribution in [2.24, 2.45) is 5.73 Å². The Morgan fingerprint density at radius 1 is 1.25 bits per heavy atom. The van der Waals surface area contributed by atoms with Crippen LogP contribution in [0.4, 0.5) is 0 Å². The molecule has 8 nitrogen and oxygen atoms in total. The number of carboxylic acids is 2. The number of aliphatic carboxylic acids is 2. The van der Waals surface area contributed by atoms with Crippen LogP contribution < -0.4 is 75.1 Å². The van der Waals surface area contributed by atoms with Gasteiger partial charge in [-0.15, -0.1) is 0 Å². The summed E-state index contributed by atoms with van der Waals surface area (Å²) < 4.78 is 22.8. The first kappa shape index (κ1) is 25.7. The molecule has 11 heteroatoms. The maximum atomic E-state index is 9.86. The number of rotatable bonds is 4. The van der Waals surface area contributed by atoms with Gasteiger partial charge in [-0.2, -0.15) is 4.21 Å². The van der Waals surface area contributed by atoms with Crippen molar-refractivity contribution in [3.63, 3.8) is 0 Å². The molecule has 4 N–H and O–H groups in total. The van der Waals surface area contributed by atoms with E-state index in [1.54, 1.807) is 0 Å². The molecule has 0 bridgehead atoms. The monoisotopic (exact) mass is 273 g/mol. The molecule has 0 fully saturated rings. The first-order valence-electron chi connectivity index (χ1n) is 3.23. The molecule has 0 aromatic heterocycles.